The van der Waals surface area contributed by atoms with Crippen LogP contribution in [0.5, 0.6) is 5.75 Å². The number of rotatable bonds is 2. The monoisotopic (exact) mass is 305 g/mol. The van der Waals surface area contributed by atoms with E-state index in [2.05, 4.69) is 11.2 Å². The summed E-state index contributed by atoms with van der Waals surface area (Å²) in [6.07, 6.45) is 5.74. The Bertz CT molecular complexity index is 659. The zero-order valence-corrected chi connectivity index (χ0v) is 13.2. The number of anilines is 1. The van der Waals surface area contributed by atoms with Crippen LogP contribution >= 0.6 is 11.6 Å². The molecule has 0 bridgehead atoms. The van der Waals surface area contributed by atoms with E-state index in [9.17, 15) is 0 Å². The largest absolute Gasteiger partial charge is 0.494 e. The fraction of sp³-hybridized carbons (Fsp3) is 0.438. The fourth-order valence-corrected chi connectivity index (χ4v) is 3.40. The first kappa shape index (κ1) is 14.3. The number of benzene rings is 1. The Morgan fingerprint density at radius 1 is 1.24 bits per heavy atom. The van der Waals surface area contributed by atoms with Gasteiger partial charge in [-0.1, -0.05) is 18.0 Å². The van der Waals surface area contributed by atoms with Crippen LogP contribution in [-0.2, 0) is 19.9 Å². The van der Waals surface area contributed by atoms with Crippen LogP contribution in [-0.4, -0.2) is 16.9 Å². The molecule has 0 aliphatic heterocycles. The quantitative estimate of drug-likeness (QED) is 0.863. The maximum absolute atomic E-state index is 6.43. The average molecular weight is 306 g/mol. The van der Waals surface area contributed by atoms with Crippen LogP contribution < -0.4 is 10.5 Å². The SMILES string of the molecule is COc1c(Cl)cc2c(c1-c1cc(N)n(C)n1)CCCCC2. The molecule has 0 saturated carbocycles. The van der Waals surface area contributed by atoms with Gasteiger partial charge in [-0.2, -0.15) is 5.10 Å². The molecule has 112 valence electrons. The number of ether oxygens (including phenoxy) is 1. The van der Waals surface area contributed by atoms with E-state index in [4.69, 9.17) is 22.1 Å². The van der Waals surface area contributed by atoms with Gasteiger partial charge in [0.1, 0.15) is 11.6 Å². The van der Waals surface area contributed by atoms with Crippen LogP contribution in [0.15, 0.2) is 12.1 Å². The van der Waals surface area contributed by atoms with Crippen molar-refractivity contribution in [3.63, 3.8) is 0 Å². The highest BCUT2D eigenvalue weighted by atomic mass is 35.5. The number of methoxy groups -OCH3 is 1. The molecule has 1 heterocycles. The molecule has 21 heavy (non-hydrogen) atoms. The lowest BCUT2D eigenvalue weighted by atomic mass is 9.94. The molecule has 1 aliphatic rings. The van der Waals surface area contributed by atoms with Crippen molar-refractivity contribution in [3.8, 4) is 17.0 Å². The minimum absolute atomic E-state index is 0.634. The van der Waals surface area contributed by atoms with E-state index < -0.39 is 0 Å². The van der Waals surface area contributed by atoms with Gasteiger partial charge >= 0.3 is 0 Å². The molecule has 0 spiro atoms. The van der Waals surface area contributed by atoms with E-state index in [1.165, 1.54) is 30.4 Å². The van der Waals surface area contributed by atoms with Gasteiger partial charge in [-0.3, -0.25) is 4.68 Å². The molecule has 1 aromatic heterocycles. The van der Waals surface area contributed by atoms with Crippen molar-refractivity contribution in [3.05, 3.63) is 28.3 Å². The Morgan fingerprint density at radius 2 is 2.00 bits per heavy atom. The second-order valence-corrected chi connectivity index (χ2v) is 5.95. The molecule has 0 saturated heterocycles. The van der Waals surface area contributed by atoms with Crippen molar-refractivity contribution in [2.24, 2.45) is 7.05 Å². The summed E-state index contributed by atoms with van der Waals surface area (Å²) in [5, 5.41) is 5.17. The zero-order chi connectivity index (χ0) is 15.0. The van der Waals surface area contributed by atoms with Crippen molar-refractivity contribution in [1.82, 2.24) is 9.78 Å². The number of nitrogens with zero attached hydrogens (tertiary/aromatic N) is 2. The molecular weight excluding hydrogens is 286 g/mol. The Hall–Kier alpha value is -1.68. The normalized spacial score (nSPS) is 14.6. The lowest BCUT2D eigenvalue weighted by Crippen LogP contribution is -2.01. The molecule has 0 atom stereocenters. The first-order chi connectivity index (χ1) is 10.1. The molecule has 0 unspecified atom stereocenters. The Labute approximate surface area is 129 Å². The molecule has 5 heteroatoms. The van der Waals surface area contributed by atoms with Gasteiger partial charge in [-0.05, 0) is 42.9 Å². The highest BCUT2D eigenvalue weighted by molar-refractivity contribution is 6.32. The molecule has 2 N–H and O–H groups in total. The van der Waals surface area contributed by atoms with Crippen molar-refractivity contribution < 1.29 is 4.74 Å². The zero-order valence-electron chi connectivity index (χ0n) is 12.4. The number of nitrogen functional groups attached to an aromatic ring is 1. The van der Waals surface area contributed by atoms with E-state index in [0.717, 1.165) is 24.1 Å². The van der Waals surface area contributed by atoms with Gasteiger partial charge < -0.3 is 10.5 Å². The standard InChI is InChI=1S/C16H20ClN3O/c1-20-14(18)9-13(19-20)15-11-7-5-3-4-6-10(11)8-12(17)16(15)21-2/h8-9H,3-7,18H2,1-2H3. The smallest absolute Gasteiger partial charge is 0.147 e. The molecule has 3 rings (SSSR count). The summed E-state index contributed by atoms with van der Waals surface area (Å²) < 4.78 is 7.24. The van der Waals surface area contributed by atoms with Gasteiger partial charge in [-0.25, -0.2) is 0 Å². The highest BCUT2D eigenvalue weighted by Gasteiger charge is 2.22. The third-order valence-corrected chi connectivity index (χ3v) is 4.46. The van der Waals surface area contributed by atoms with Gasteiger partial charge in [0, 0.05) is 18.7 Å². The lowest BCUT2D eigenvalue weighted by Gasteiger charge is -2.17. The predicted octanol–water partition coefficient (Wildman–Crippen LogP) is 3.60. The van der Waals surface area contributed by atoms with Crippen LogP contribution in [0.2, 0.25) is 5.02 Å². The summed E-state index contributed by atoms with van der Waals surface area (Å²) in [5.74, 6) is 1.34. The molecule has 0 radical (unpaired) electrons. The molecule has 0 fully saturated rings. The van der Waals surface area contributed by atoms with Crippen molar-refractivity contribution >= 4 is 17.4 Å². The number of nitrogens with two attached hydrogens (primary N) is 1. The maximum Gasteiger partial charge on any atom is 0.147 e. The van der Waals surface area contributed by atoms with E-state index in [0.29, 0.717) is 16.6 Å². The van der Waals surface area contributed by atoms with Crippen molar-refractivity contribution in [2.45, 2.75) is 32.1 Å². The molecular formula is C16H20ClN3O. The average Bonchev–Trinajstić information content (AvgIpc) is 2.65. The van der Waals surface area contributed by atoms with Crippen molar-refractivity contribution in [2.75, 3.05) is 12.8 Å². The molecule has 2 aromatic rings. The van der Waals surface area contributed by atoms with Gasteiger partial charge in [0.25, 0.3) is 0 Å². The number of aryl methyl sites for hydroxylation is 2. The Kier molecular flexibility index (Phi) is 3.81. The van der Waals surface area contributed by atoms with E-state index >= 15 is 0 Å². The maximum atomic E-state index is 6.43. The van der Waals surface area contributed by atoms with Crippen LogP contribution in [0.4, 0.5) is 5.82 Å². The minimum Gasteiger partial charge on any atom is -0.494 e. The second-order valence-electron chi connectivity index (χ2n) is 5.54. The number of aromatic nitrogens is 2. The highest BCUT2D eigenvalue weighted by Crippen LogP contribution is 2.42. The molecule has 0 amide bonds. The third kappa shape index (κ3) is 2.48. The van der Waals surface area contributed by atoms with E-state index in [-0.39, 0.29) is 0 Å². The number of fused-ring (bicyclic) bond motifs is 1. The first-order valence-corrected chi connectivity index (χ1v) is 7.67. The first-order valence-electron chi connectivity index (χ1n) is 7.30. The Balaban J connectivity index is 2.27. The lowest BCUT2D eigenvalue weighted by molar-refractivity contribution is 0.416. The number of hydrogen-bond donors (Lipinski definition) is 1. The third-order valence-electron chi connectivity index (χ3n) is 4.18. The fourth-order valence-electron chi connectivity index (χ4n) is 3.10. The summed E-state index contributed by atoms with van der Waals surface area (Å²) in [5.41, 5.74) is 10.4. The van der Waals surface area contributed by atoms with Crippen LogP contribution in [0.25, 0.3) is 11.3 Å². The summed E-state index contributed by atoms with van der Waals surface area (Å²) in [7, 11) is 3.49. The summed E-state index contributed by atoms with van der Waals surface area (Å²) in [4.78, 5) is 0. The van der Waals surface area contributed by atoms with Crippen LogP contribution in [0, 0.1) is 0 Å². The van der Waals surface area contributed by atoms with Crippen LogP contribution in [0.3, 0.4) is 0 Å². The van der Waals surface area contributed by atoms with Gasteiger partial charge in [-0.15, -0.1) is 0 Å². The summed E-state index contributed by atoms with van der Waals surface area (Å²) in [6, 6.07) is 3.94. The summed E-state index contributed by atoms with van der Waals surface area (Å²) in [6.45, 7) is 0. The van der Waals surface area contributed by atoms with E-state index in [1.54, 1.807) is 11.8 Å². The predicted molar refractivity (Wildman–Crippen MR) is 85.9 cm³/mol. The summed E-state index contributed by atoms with van der Waals surface area (Å²) >= 11 is 6.43. The van der Waals surface area contributed by atoms with Crippen molar-refractivity contribution in [1.29, 1.82) is 0 Å². The topological polar surface area (TPSA) is 53.1 Å². The second kappa shape index (κ2) is 5.60. The van der Waals surface area contributed by atoms with E-state index in [1.807, 2.05) is 13.1 Å². The molecule has 1 aromatic carbocycles. The number of hydrogen-bond acceptors (Lipinski definition) is 3. The number of halogens is 1. The minimum atomic E-state index is 0.634. The molecule has 4 nitrogen and oxygen atoms in total. The molecule has 1 aliphatic carbocycles. The van der Waals surface area contributed by atoms with Gasteiger partial charge in [0.2, 0.25) is 0 Å². The van der Waals surface area contributed by atoms with Gasteiger partial charge in [0.15, 0.2) is 0 Å². The van der Waals surface area contributed by atoms with Gasteiger partial charge in [0.05, 0.1) is 17.8 Å². The Morgan fingerprint density at radius 3 is 2.67 bits per heavy atom. The van der Waals surface area contributed by atoms with Crippen LogP contribution in [0.1, 0.15) is 30.4 Å².